The van der Waals surface area contributed by atoms with Gasteiger partial charge in [-0.05, 0) is 37.2 Å². The van der Waals surface area contributed by atoms with Crippen LogP contribution in [-0.4, -0.2) is 20.9 Å². The second-order valence-electron chi connectivity index (χ2n) is 5.51. The molecule has 1 aliphatic rings. The van der Waals surface area contributed by atoms with Gasteiger partial charge in [0.15, 0.2) is 0 Å². The van der Waals surface area contributed by atoms with E-state index in [-0.39, 0.29) is 11.8 Å². The van der Waals surface area contributed by atoms with Gasteiger partial charge in [-0.25, -0.2) is 0 Å². The average Bonchev–Trinajstić information content (AvgIpc) is 2.77. The Morgan fingerprint density at radius 3 is 3.00 bits per heavy atom. The maximum atomic E-state index is 11.4. The molecule has 3 unspecified atom stereocenters. The first-order valence-electron chi connectivity index (χ1n) is 6.87. The summed E-state index contributed by atoms with van der Waals surface area (Å²) < 4.78 is 1.92. The molecule has 100 valence electrons. The molecule has 1 aromatic heterocycles. The summed E-state index contributed by atoms with van der Waals surface area (Å²) in [4.78, 5) is 11.4. The lowest BCUT2D eigenvalue weighted by Crippen LogP contribution is -2.28. The highest BCUT2D eigenvalue weighted by atomic mass is 16.4. The number of carboxylic acids is 1. The van der Waals surface area contributed by atoms with Crippen LogP contribution in [0, 0.1) is 11.8 Å². The minimum Gasteiger partial charge on any atom is -0.481 e. The van der Waals surface area contributed by atoms with Crippen LogP contribution in [0.2, 0.25) is 0 Å². The van der Waals surface area contributed by atoms with E-state index in [1.807, 2.05) is 17.1 Å². The maximum Gasteiger partial charge on any atom is 0.307 e. The van der Waals surface area contributed by atoms with E-state index in [0.29, 0.717) is 5.92 Å². The zero-order valence-corrected chi connectivity index (χ0v) is 11.2. The Bertz CT molecular complexity index is 414. The predicted octanol–water partition coefficient (Wildman–Crippen LogP) is 2.90. The number of aryl methyl sites for hydroxylation is 1. The summed E-state index contributed by atoms with van der Waals surface area (Å²) in [6, 6.07) is 0. The number of hydrogen-bond acceptors (Lipinski definition) is 2. The van der Waals surface area contributed by atoms with E-state index < -0.39 is 5.97 Å². The first kappa shape index (κ1) is 13.1. The van der Waals surface area contributed by atoms with Crippen molar-refractivity contribution in [1.82, 2.24) is 9.78 Å². The number of rotatable bonds is 4. The molecule has 0 aliphatic heterocycles. The molecular formula is C14H22N2O2. The molecule has 3 atom stereocenters. The molecule has 1 aromatic rings. The Balaban J connectivity index is 2.18. The zero-order valence-electron chi connectivity index (χ0n) is 11.2. The molecular weight excluding hydrogens is 228 g/mol. The molecule has 0 spiro atoms. The van der Waals surface area contributed by atoms with Crippen molar-refractivity contribution in [2.24, 2.45) is 11.8 Å². The highest BCUT2D eigenvalue weighted by Crippen LogP contribution is 2.40. The van der Waals surface area contributed by atoms with E-state index in [4.69, 9.17) is 0 Å². The van der Waals surface area contributed by atoms with Crippen molar-refractivity contribution >= 4 is 5.97 Å². The maximum absolute atomic E-state index is 11.4. The Morgan fingerprint density at radius 2 is 2.33 bits per heavy atom. The molecule has 2 rings (SSSR count). The highest BCUT2D eigenvalue weighted by molar-refractivity contribution is 5.71. The molecule has 0 radical (unpaired) electrons. The van der Waals surface area contributed by atoms with E-state index >= 15 is 0 Å². The smallest absolute Gasteiger partial charge is 0.307 e. The van der Waals surface area contributed by atoms with Gasteiger partial charge in [0.2, 0.25) is 0 Å². The van der Waals surface area contributed by atoms with Crippen LogP contribution >= 0.6 is 0 Å². The lowest BCUT2D eigenvalue weighted by atomic mass is 9.72. The van der Waals surface area contributed by atoms with Crippen molar-refractivity contribution in [1.29, 1.82) is 0 Å². The van der Waals surface area contributed by atoms with Crippen molar-refractivity contribution in [2.45, 2.75) is 52.0 Å². The first-order valence-corrected chi connectivity index (χ1v) is 6.87. The summed E-state index contributed by atoms with van der Waals surface area (Å²) in [5.74, 6) is -0.146. The molecule has 1 N–H and O–H groups in total. The van der Waals surface area contributed by atoms with Crippen LogP contribution < -0.4 is 0 Å². The number of hydrogen-bond donors (Lipinski definition) is 1. The Hall–Kier alpha value is -1.32. The number of carboxylic acid groups (broad SMARTS) is 1. The van der Waals surface area contributed by atoms with E-state index in [1.165, 1.54) is 0 Å². The Labute approximate surface area is 108 Å². The van der Waals surface area contributed by atoms with E-state index in [9.17, 15) is 9.90 Å². The second-order valence-corrected chi connectivity index (χ2v) is 5.51. The summed E-state index contributed by atoms with van der Waals surface area (Å²) in [5, 5.41) is 13.7. The summed E-state index contributed by atoms with van der Waals surface area (Å²) in [5.41, 5.74) is 1.10. The normalized spacial score (nSPS) is 28.2. The van der Waals surface area contributed by atoms with Crippen LogP contribution in [0.4, 0.5) is 0 Å². The minimum atomic E-state index is -0.657. The minimum absolute atomic E-state index is 0.136. The third kappa shape index (κ3) is 2.74. The quantitative estimate of drug-likeness (QED) is 0.894. The van der Waals surface area contributed by atoms with Crippen molar-refractivity contribution in [3.63, 3.8) is 0 Å². The van der Waals surface area contributed by atoms with Crippen LogP contribution in [0.3, 0.4) is 0 Å². The standard InChI is InChI=1S/C14H22N2O2/c1-3-6-16-9-11(8-15-16)13-7-10(2)4-5-12(13)14(17)18/h8-10,12-13H,3-7H2,1-2H3,(H,17,18). The summed E-state index contributed by atoms with van der Waals surface area (Å²) >= 11 is 0. The van der Waals surface area contributed by atoms with Gasteiger partial charge < -0.3 is 5.11 Å². The SMILES string of the molecule is CCCn1cc(C2CC(C)CCC2C(=O)O)cn1. The third-order valence-corrected chi connectivity index (χ3v) is 3.96. The van der Waals surface area contributed by atoms with Gasteiger partial charge >= 0.3 is 5.97 Å². The van der Waals surface area contributed by atoms with Crippen LogP contribution in [-0.2, 0) is 11.3 Å². The molecule has 0 amide bonds. The summed E-state index contributed by atoms with van der Waals surface area (Å²) in [6.07, 6.45) is 7.71. The topological polar surface area (TPSA) is 55.1 Å². The summed E-state index contributed by atoms with van der Waals surface area (Å²) in [7, 11) is 0. The molecule has 0 bridgehead atoms. The third-order valence-electron chi connectivity index (χ3n) is 3.96. The van der Waals surface area contributed by atoms with Gasteiger partial charge in [-0.2, -0.15) is 5.10 Å². The largest absolute Gasteiger partial charge is 0.481 e. The van der Waals surface area contributed by atoms with Gasteiger partial charge in [0.25, 0.3) is 0 Å². The number of aromatic nitrogens is 2. The van der Waals surface area contributed by atoms with Crippen molar-refractivity contribution in [2.75, 3.05) is 0 Å². The molecule has 0 saturated heterocycles. The highest BCUT2D eigenvalue weighted by Gasteiger charge is 2.35. The van der Waals surface area contributed by atoms with Crippen molar-refractivity contribution < 1.29 is 9.90 Å². The molecule has 1 saturated carbocycles. The number of carbonyl (C=O) groups is 1. The van der Waals surface area contributed by atoms with E-state index in [0.717, 1.165) is 37.8 Å². The monoisotopic (exact) mass is 250 g/mol. The van der Waals surface area contributed by atoms with Crippen molar-refractivity contribution in [3.8, 4) is 0 Å². The fourth-order valence-corrected chi connectivity index (χ4v) is 2.97. The molecule has 1 fully saturated rings. The second kappa shape index (κ2) is 5.55. The van der Waals surface area contributed by atoms with Gasteiger partial charge in [0, 0.05) is 18.7 Å². The predicted molar refractivity (Wildman–Crippen MR) is 69.4 cm³/mol. The zero-order chi connectivity index (χ0) is 13.1. The summed E-state index contributed by atoms with van der Waals surface area (Å²) in [6.45, 7) is 5.23. The van der Waals surface area contributed by atoms with E-state index in [2.05, 4.69) is 18.9 Å². The number of nitrogens with zero attached hydrogens (tertiary/aromatic N) is 2. The molecule has 1 aliphatic carbocycles. The van der Waals surface area contributed by atoms with Gasteiger partial charge in [0.05, 0.1) is 12.1 Å². The van der Waals surface area contributed by atoms with Crippen molar-refractivity contribution in [3.05, 3.63) is 18.0 Å². The van der Waals surface area contributed by atoms with Crippen LogP contribution in [0.15, 0.2) is 12.4 Å². The molecule has 1 heterocycles. The molecule has 18 heavy (non-hydrogen) atoms. The Morgan fingerprint density at radius 1 is 1.56 bits per heavy atom. The van der Waals surface area contributed by atoms with Gasteiger partial charge in [-0.3, -0.25) is 9.48 Å². The fourth-order valence-electron chi connectivity index (χ4n) is 2.97. The first-order chi connectivity index (χ1) is 8.61. The lowest BCUT2D eigenvalue weighted by molar-refractivity contribution is -0.143. The Kier molecular flexibility index (Phi) is 4.04. The van der Waals surface area contributed by atoms with Crippen LogP contribution in [0.1, 0.15) is 51.0 Å². The van der Waals surface area contributed by atoms with Gasteiger partial charge in [0.1, 0.15) is 0 Å². The van der Waals surface area contributed by atoms with Gasteiger partial charge in [-0.15, -0.1) is 0 Å². The van der Waals surface area contributed by atoms with Crippen LogP contribution in [0.25, 0.3) is 0 Å². The molecule has 4 nitrogen and oxygen atoms in total. The number of aliphatic carboxylic acids is 1. The van der Waals surface area contributed by atoms with Crippen LogP contribution in [0.5, 0.6) is 0 Å². The molecule has 4 heteroatoms. The average molecular weight is 250 g/mol. The lowest BCUT2D eigenvalue weighted by Gasteiger charge is -2.31. The fraction of sp³-hybridized carbons (Fsp3) is 0.714. The molecule has 0 aromatic carbocycles. The van der Waals surface area contributed by atoms with Gasteiger partial charge in [-0.1, -0.05) is 13.8 Å². The van der Waals surface area contributed by atoms with E-state index in [1.54, 1.807) is 0 Å².